The standard InChI is InChI=1S/C26H21NO6/c1-2-31-19-11-9-18(10-12-19)27-23(16-6-4-3-5-7-16)22(25(29)26(27)30)24(28)17-8-13-20-21(14-17)33-15-32-20/h3-14,23,28H,2,15H2,1H3/b24-22-. The molecular weight excluding hydrogens is 422 g/mol. The van der Waals surface area contributed by atoms with Crippen molar-refractivity contribution in [3.8, 4) is 17.2 Å². The first-order valence-electron chi connectivity index (χ1n) is 10.6. The van der Waals surface area contributed by atoms with Crippen molar-refractivity contribution in [2.24, 2.45) is 0 Å². The lowest BCUT2D eigenvalue weighted by molar-refractivity contribution is -0.132. The number of hydrogen-bond acceptors (Lipinski definition) is 6. The highest BCUT2D eigenvalue weighted by Crippen LogP contribution is 2.43. The molecule has 3 aromatic rings. The maximum Gasteiger partial charge on any atom is 0.300 e. The predicted molar refractivity (Wildman–Crippen MR) is 121 cm³/mol. The molecule has 1 atom stereocenters. The van der Waals surface area contributed by atoms with E-state index in [-0.39, 0.29) is 18.1 Å². The molecule has 1 amide bonds. The van der Waals surface area contributed by atoms with Crippen LogP contribution in [0, 0.1) is 0 Å². The minimum absolute atomic E-state index is 0.0129. The Morgan fingerprint density at radius 1 is 1.00 bits per heavy atom. The maximum absolute atomic E-state index is 13.2. The highest BCUT2D eigenvalue weighted by atomic mass is 16.7. The second-order valence-electron chi connectivity index (χ2n) is 7.57. The number of aliphatic hydroxyl groups excluding tert-OH is 1. The van der Waals surface area contributed by atoms with Crippen LogP contribution in [-0.2, 0) is 9.59 Å². The van der Waals surface area contributed by atoms with E-state index in [0.717, 1.165) is 0 Å². The molecular formula is C26H21NO6. The van der Waals surface area contributed by atoms with Crippen LogP contribution < -0.4 is 19.1 Å². The first-order valence-corrected chi connectivity index (χ1v) is 10.6. The molecule has 2 aliphatic rings. The lowest BCUT2D eigenvalue weighted by Crippen LogP contribution is -2.29. The van der Waals surface area contributed by atoms with Crippen molar-refractivity contribution >= 4 is 23.1 Å². The van der Waals surface area contributed by atoms with Gasteiger partial charge < -0.3 is 19.3 Å². The molecule has 1 N–H and O–H groups in total. The Morgan fingerprint density at radius 3 is 2.45 bits per heavy atom. The van der Waals surface area contributed by atoms with Gasteiger partial charge in [0.15, 0.2) is 11.5 Å². The van der Waals surface area contributed by atoms with E-state index in [4.69, 9.17) is 14.2 Å². The molecule has 1 fully saturated rings. The number of hydrogen-bond donors (Lipinski definition) is 1. The van der Waals surface area contributed by atoms with Crippen molar-refractivity contribution in [1.29, 1.82) is 0 Å². The van der Waals surface area contributed by atoms with Crippen molar-refractivity contribution in [3.05, 3.63) is 89.5 Å². The summed E-state index contributed by atoms with van der Waals surface area (Å²) >= 11 is 0. The number of anilines is 1. The fourth-order valence-corrected chi connectivity index (χ4v) is 4.12. The number of carbonyl (C=O) groups excluding carboxylic acids is 2. The summed E-state index contributed by atoms with van der Waals surface area (Å²) < 4.78 is 16.2. The Bertz CT molecular complexity index is 1250. The molecule has 7 nitrogen and oxygen atoms in total. The van der Waals surface area contributed by atoms with Crippen LogP contribution in [0.2, 0.25) is 0 Å². The van der Waals surface area contributed by atoms with Crippen LogP contribution in [-0.4, -0.2) is 30.2 Å². The van der Waals surface area contributed by atoms with Gasteiger partial charge in [0.25, 0.3) is 11.7 Å². The summed E-state index contributed by atoms with van der Waals surface area (Å²) in [7, 11) is 0. The lowest BCUT2D eigenvalue weighted by atomic mass is 9.95. The van der Waals surface area contributed by atoms with Gasteiger partial charge in [-0.15, -0.1) is 0 Å². The van der Waals surface area contributed by atoms with Gasteiger partial charge in [0.1, 0.15) is 11.5 Å². The zero-order valence-corrected chi connectivity index (χ0v) is 17.9. The van der Waals surface area contributed by atoms with Gasteiger partial charge >= 0.3 is 0 Å². The molecule has 0 saturated carbocycles. The SMILES string of the molecule is CCOc1ccc(N2C(=O)C(=O)/C(=C(\O)c3ccc4c(c3)OCO4)C2c2ccccc2)cc1. The van der Waals surface area contributed by atoms with Crippen LogP contribution in [0.4, 0.5) is 5.69 Å². The van der Waals surface area contributed by atoms with E-state index in [1.54, 1.807) is 42.5 Å². The van der Waals surface area contributed by atoms with E-state index in [9.17, 15) is 14.7 Å². The van der Waals surface area contributed by atoms with Crippen molar-refractivity contribution in [2.45, 2.75) is 13.0 Å². The number of fused-ring (bicyclic) bond motifs is 1. The summed E-state index contributed by atoms with van der Waals surface area (Å²) in [4.78, 5) is 27.8. The highest BCUT2D eigenvalue weighted by Gasteiger charge is 2.47. The Morgan fingerprint density at radius 2 is 1.73 bits per heavy atom. The fraction of sp³-hybridized carbons (Fsp3) is 0.154. The fourth-order valence-electron chi connectivity index (χ4n) is 4.12. The average molecular weight is 443 g/mol. The predicted octanol–water partition coefficient (Wildman–Crippen LogP) is 4.44. The van der Waals surface area contributed by atoms with E-state index < -0.39 is 17.7 Å². The minimum atomic E-state index is -0.797. The summed E-state index contributed by atoms with van der Waals surface area (Å²) in [5.41, 5.74) is 1.61. The van der Waals surface area contributed by atoms with E-state index in [1.165, 1.54) is 4.90 Å². The van der Waals surface area contributed by atoms with Gasteiger partial charge in [0.05, 0.1) is 18.2 Å². The summed E-state index contributed by atoms with van der Waals surface area (Å²) in [6.45, 7) is 2.49. The quantitative estimate of drug-likeness (QED) is 0.357. The van der Waals surface area contributed by atoms with Gasteiger partial charge in [-0.2, -0.15) is 0 Å². The molecule has 2 aliphatic heterocycles. The van der Waals surface area contributed by atoms with Crippen LogP contribution >= 0.6 is 0 Å². The third-order valence-electron chi connectivity index (χ3n) is 5.63. The number of carbonyl (C=O) groups is 2. The monoisotopic (exact) mass is 443 g/mol. The van der Waals surface area contributed by atoms with Crippen molar-refractivity contribution in [3.63, 3.8) is 0 Å². The number of benzene rings is 3. The van der Waals surface area contributed by atoms with Gasteiger partial charge in [-0.05, 0) is 55.0 Å². The van der Waals surface area contributed by atoms with Gasteiger partial charge in [-0.25, -0.2) is 0 Å². The summed E-state index contributed by atoms with van der Waals surface area (Å²) in [5, 5.41) is 11.2. The molecule has 1 unspecified atom stereocenters. The molecule has 3 aromatic carbocycles. The largest absolute Gasteiger partial charge is 0.507 e. The van der Waals surface area contributed by atoms with Gasteiger partial charge in [-0.3, -0.25) is 14.5 Å². The lowest BCUT2D eigenvalue weighted by Gasteiger charge is -2.25. The van der Waals surface area contributed by atoms with Crippen LogP contribution in [0.3, 0.4) is 0 Å². The molecule has 2 heterocycles. The number of Topliss-reactive ketones (excluding diaryl/α,β-unsaturated/α-hetero) is 1. The third kappa shape index (κ3) is 3.57. The topological polar surface area (TPSA) is 85.3 Å². The Balaban J connectivity index is 1.65. The zero-order valence-electron chi connectivity index (χ0n) is 17.9. The molecule has 0 aliphatic carbocycles. The number of ether oxygens (including phenoxy) is 3. The normalized spacial score (nSPS) is 18.6. The second-order valence-corrected chi connectivity index (χ2v) is 7.57. The van der Waals surface area contributed by atoms with Crippen LogP contribution in [0.15, 0.2) is 78.4 Å². The number of nitrogens with zero attached hydrogens (tertiary/aromatic N) is 1. The summed E-state index contributed by atoms with van der Waals surface area (Å²) in [6.07, 6.45) is 0. The van der Waals surface area contributed by atoms with Crippen LogP contribution in [0.25, 0.3) is 5.76 Å². The zero-order chi connectivity index (χ0) is 22.9. The van der Waals surface area contributed by atoms with Gasteiger partial charge in [0, 0.05) is 11.3 Å². The molecule has 1 saturated heterocycles. The first kappa shape index (κ1) is 20.6. The summed E-state index contributed by atoms with van der Waals surface area (Å²) in [6, 6.07) is 20.2. The van der Waals surface area contributed by atoms with Crippen LogP contribution in [0.5, 0.6) is 17.2 Å². The number of amides is 1. The average Bonchev–Trinajstić information content (AvgIpc) is 3.42. The molecule has 0 aromatic heterocycles. The van der Waals surface area contributed by atoms with E-state index >= 15 is 0 Å². The number of aliphatic hydroxyl groups is 1. The van der Waals surface area contributed by atoms with E-state index in [1.807, 2.05) is 37.3 Å². The molecule has 166 valence electrons. The van der Waals surface area contributed by atoms with Gasteiger partial charge in [-0.1, -0.05) is 30.3 Å². The van der Waals surface area contributed by atoms with Crippen LogP contribution in [0.1, 0.15) is 24.1 Å². The van der Waals surface area contributed by atoms with Gasteiger partial charge in [0.2, 0.25) is 6.79 Å². The summed E-state index contributed by atoms with van der Waals surface area (Å²) in [5.74, 6) is -0.0522. The molecule has 5 rings (SSSR count). The smallest absolute Gasteiger partial charge is 0.300 e. The Kier molecular flexibility index (Phi) is 5.22. The van der Waals surface area contributed by atoms with E-state index in [2.05, 4.69) is 0 Å². The van der Waals surface area contributed by atoms with Crippen molar-refractivity contribution in [1.82, 2.24) is 0 Å². The Labute approximate surface area is 190 Å². The Hall–Kier alpha value is -4.26. The number of ketones is 1. The highest BCUT2D eigenvalue weighted by molar-refractivity contribution is 6.51. The van der Waals surface area contributed by atoms with Crippen molar-refractivity contribution < 1.29 is 28.9 Å². The third-order valence-corrected chi connectivity index (χ3v) is 5.63. The molecule has 0 spiro atoms. The van der Waals surface area contributed by atoms with Crippen molar-refractivity contribution in [2.75, 3.05) is 18.3 Å². The molecule has 33 heavy (non-hydrogen) atoms. The molecule has 7 heteroatoms. The second kappa shape index (κ2) is 8.35. The minimum Gasteiger partial charge on any atom is -0.507 e. The molecule has 0 bridgehead atoms. The maximum atomic E-state index is 13.2. The van der Waals surface area contributed by atoms with E-state index in [0.29, 0.717) is 40.7 Å². The molecule has 0 radical (unpaired) electrons. The first-order chi connectivity index (χ1) is 16.1. The number of rotatable bonds is 5.